The molecular weight excluding hydrogens is 359 g/mol. The summed E-state index contributed by atoms with van der Waals surface area (Å²) in [6.45, 7) is 2.68. The Morgan fingerprint density at radius 1 is 1.07 bits per heavy atom. The molecule has 0 aliphatic carbocycles. The lowest BCUT2D eigenvalue weighted by Gasteiger charge is -2.37. The van der Waals surface area contributed by atoms with Gasteiger partial charge in [0.1, 0.15) is 18.5 Å². The molecule has 8 heteroatoms. The average molecular weight is 382 g/mol. The lowest BCUT2D eigenvalue weighted by molar-refractivity contribution is -0.816. The van der Waals surface area contributed by atoms with E-state index in [0.29, 0.717) is 31.1 Å². The number of hydrogen-bond acceptors (Lipinski definition) is 5. The maximum atomic E-state index is 12.7. The van der Waals surface area contributed by atoms with E-state index in [-0.39, 0.29) is 12.0 Å². The molecule has 0 aromatic heterocycles. The van der Waals surface area contributed by atoms with Crippen molar-refractivity contribution in [2.45, 2.75) is 6.10 Å². The van der Waals surface area contributed by atoms with E-state index in [1.807, 2.05) is 42.5 Å². The van der Waals surface area contributed by atoms with Gasteiger partial charge >= 0.3 is 6.89 Å². The predicted molar refractivity (Wildman–Crippen MR) is 104 cm³/mol. The maximum Gasteiger partial charge on any atom is 0.625 e. The van der Waals surface area contributed by atoms with Crippen molar-refractivity contribution >= 4 is 18.5 Å². The molecule has 5 rings (SSSR count). The number of quaternary nitrogens is 1. The van der Waals surface area contributed by atoms with Gasteiger partial charge in [0.05, 0.1) is 38.4 Å². The fraction of sp³-hybridized carbons (Fsp3) is 0.350. The third-order valence-corrected chi connectivity index (χ3v) is 5.92. The van der Waals surface area contributed by atoms with Crippen LogP contribution in [0.25, 0.3) is 0 Å². The van der Waals surface area contributed by atoms with Gasteiger partial charge in [0.15, 0.2) is 0 Å². The van der Waals surface area contributed by atoms with Crippen LogP contribution in [0.4, 0.5) is 5.69 Å². The molecule has 1 amide bonds. The van der Waals surface area contributed by atoms with Gasteiger partial charge in [0.25, 0.3) is 5.91 Å². The Morgan fingerprint density at radius 2 is 1.79 bits per heavy atom. The van der Waals surface area contributed by atoms with Crippen molar-refractivity contribution in [3.05, 3.63) is 60.2 Å². The molecule has 0 saturated carbocycles. The molecule has 2 aromatic rings. The number of carbonyl (C=O) groups excluding carboxylic acids is 1. The Balaban J connectivity index is 1.26. The van der Waals surface area contributed by atoms with Crippen molar-refractivity contribution in [2.24, 2.45) is 0 Å². The first-order valence-electron chi connectivity index (χ1n) is 9.73. The van der Waals surface area contributed by atoms with Gasteiger partial charge < -0.3 is 28.4 Å². The number of hydrogen-bond donors (Lipinski definition) is 1. The van der Waals surface area contributed by atoms with Gasteiger partial charge in [-0.15, -0.1) is 0 Å². The Hall–Kier alpha value is -2.39. The summed E-state index contributed by atoms with van der Waals surface area (Å²) in [6, 6.07) is 16.6. The van der Waals surface area contributed by atoms with Crippen LogP contribution in [0, 0.1) is 0 Å². The number of benzene rings is 2. The second kappa shape index (κ2) is 6.90. The number of para-hydroxylation sites is 2. The predicted octanol–water partition coefficient (Wildman–Crippen LogP) is 2.03. The Bertz CT molecular complexity index is 848. The van der Waals surface area contributed by atoms with Crippen LogP contribution in [-0.2, 0) is 14.0 Å². The lowest BCUT2D eigenvalue weighted by Crippen LogP contribution is -2.59. The van der Waals surface area contributed by atoms with Gasteiger partial charge in [0, 0.05) is 5.69 Å². The number of nitrogens with zero attached hydrogens (tertiary/aromatic N) is 1. The van der Waals surface area contributed by atoms with Crippen LogP contribution in [0.3, 0.4) is 0 Å². The van der Waals surface area contributed by atoms with E-state index in [1.54, 1.807) is 12.1 Å². The number of rotatable bonds is 5. The second-order valence-corrected chi connectivity index (χ2v) is 7.58. The summed E-state index contributed by atoms with van der Waals surface area (Å²) >= 11 is 0. The summed E-state index contributed by atoms with van der Waals surface area (Å²) in [5, 5.41) is 2.90. The maximum absolute atomic E-state index is 12.7. The molecule has 1 atom stereocenters. The molecule has 0 spiro atoms. The molecule has 3 fully saturated rings. The quantitative estimate of drug-likeness (QED) is 0.802. The third kappa shape index (κ3) is 2.89. The smallest absolute Gasteiger partial charge is 0.490 e. The zero-order chi connectivity index (χ0) is 19.0. The molecule has 3 aliphatic heterocycles. The van der Waals surface area contributed by atoms with E-state index in [2.05, 4.69) is 5.32 Å². The van der Waals surface area contributed by atoms with Gasteiger partial charge in [-0.1, -0.05) is 30.3 Å². The van der Waals surface area contributed by atoms with Crippen molar-refractivity contribution in [1.82, 2.24) is 0 Å². The molecule has 3 aliphatic rings. The molecule has 0 radical (unpaired) electrons. The standard InChI is InChI=1S/C20H23BN2O5/c24-20(22-16-6-2-1-3-7-16)18-8-4-5-9-19(18)25-15-17-14-23-10-12-26-21(23,28-17)27-13-11-23/h1-9,17H,10-15H2,(H,22,24)/t17-,21?,23?/m0/s1. The van der Waals surface area contributed by atoms with Crippen molar-refractivity contribution in [3.8, 4) is 5.75 Å². The van der Waals surface area contributed by atoms with Gasteiger partial charge in [-0.25, -0.2) is 0 Å². The van der Waals surface area contributed by atoms with Crippen molar-refractivity contribution < 1.29 is 27.9 Å². The lowest BCUT2D eigenvalue weighted by atomic mass is 9.94. The Labute approximate surface area is 163 Å². The summed E-state index contributed by atoms with van der Waals surface area (Å²) in [5.41, 5.74) is 1.24. The molecule has 1 N–H and O–H groups in total. The molecular formula is C20H23BN2O5. The number of carbonyl (C=O) groups is 1. The van der Waals surface area contributed by atoms with Crippen LogP contribution in [0.5, 0.6) is 5.75 Å². The van der Waals surface area contributed by atoms with Gasteiger partial charge in [-0.3, -0.25) is 4.79 Å². The van der Waals surface area contributed by atoms with Crippen molar-refractivity contribution in [3.63, 3.8) is 0 Å². The second-order valence-electron chi connectivity index (χ2n) is 7.58. The van der Waals surface area contributed by atoms with Crippen LogP contribution in [-0.4, -0.2) is 62.7 Å². The molecule has 0 unspecified atom stereocenters. The molecule has 7 nitrogen and oxygen atoms in total. The molecule has 3 heterocycles. The van der Waals surface area contributed by atoms with Crippen molar-refractivity contribution in [1.29, 1.82) is 0 Å². The van der Waals surface area contributed by atoms with E-state index in [9.17, 15) is 4.79 Å². The normalized spacial score (nSPS) is 30.6. The fourth-order valence-electron chi connectivity index (χ4n) is 4.55. The summed E-state index contributed by atoms with van der Waals surface area (Å²) in [4.78, 5) is 12.7. The highest BCUT2D eigenvalue weighted by atomic mass is 16.8. The molecule has 146 valence electrons. The van der Waals surface area contributed by atoms with E-state index < -0.39 is 6.89 Å². The summed E-state index contributed by atoms with van der Waals surface area (Å²) in [6.07, 6.45) is -0.120. The fourth-order valence-corrected chi connectivity index (χ4v) is 4.55. The highest BCUT2D eigenvalue weighted by Gasteiger charge is 2.66. The molecule has 3 saturated heterocycles. The van der Waals surface area contributed by atoms with Crippen LogP contribution in [0.1, 0.15) is 10.4 Å². The first-order chi connectivity index (χ1) is 13.7. The summed E-state index contributed by atoms with van der Waals surface area (Å²) < 4.78 is 24.7. The van der Waals surface area contributed by atoms with Gasteiger partial charge in [-0.05, 0) is 24.3 Å². The first kappa shape index (κ1) is 17.7. The first-order valence-corrected chi connectivity index (χ1v) is 9.73. The van der Waals surface area contributed by atoms with E-state index in [1.165, 1.54) is 0 Å². The minimum atomic E-state index is -1.69. The molecule has 0 bridgehead atoms. The van der Waals surface area contributed by atoms with Crippen LogP contribution >= 0.6 is 0 Å². The third-order valence-electron chi connectivity index (χ3n) is 5.92. The zero-order valence-electron chi connectivity index (χ0n) is 15.6. The van der Waals surface area contributed by atoms with Crippen LogP contribution < -0.4 is 10.1 Å². The largest absolute Gasteiger partial charge is 0.625 e. The minimum Gasteiger partial charge on any atom is -0.490 e. The summed E-state index contributed by atoms with van der Waals surface area (Å²) in [5.74, 6) is 0.338. The summed E-state index contributed by atoms with van der Waals surface area (Å²) in [7, 11) is 0. The van der Waals surface area contributed by atoms with E-state index >= 15 is 0 Å². The van der Waals surface area contributed by atoms with Crippen LogP contribution in [0.2, 0.25) is 0 Å². The van der Waals surface area contributed by atoms with E-state index in [0.717, 1.165) is 29.7 Å². The van der Waals surface area contributed by atoms with Gasteiger partial charge in [0.2, 0.25) is 0 Å². The van der Waals surface area contributed by atoms with E-state index in [4.69, 9.17) is 18.7 Å². The SMILES string of the molecule is O=C(Nc1ccccc1)c1ccccc1OC[C@@H]1C[N+]23CCO[B-]2(OCC3)O1. The minimum absolute atomic E-state index is 0.120. The number of anilines is 1. The number of ether oxygens (including phenoxy) is 1. The van der Waals surface area contributed by atoms with Crippen LogP contribution in [0.15, 0.2) is 54.6 Å². The molecule has 28 heavy (non-hydrogen) atoms. The number of nitrogens with one attached hydrogen (secondary N) is 1. The monoisotopic (exact) mass is 382 g/mol. The topological polar surface area (TPSA) is 66.0 Å². The average Bonchev–Trinajstić information content (AvgIpc) is 3.29. The van der Waals surface area contributed by atoms with Crippen molar-refractivity contribution in [2.75, 3.05) is 44.8 Å². The highest BCUT2D eigenvalue weighted by Crippen LogP contribution is 2.41. The Kier molecular flexibility index (Phi) is 4.36. The highest BCUT2D eigenvalue weighted by molar-refractivity contribution is 6.54. The molecule has 2 aromatic carbocycles. The van der Waals surface area contributed by atoms with Gasteiger partial charge in [-0.2, -0.15) is 0 Å². The zero-order valence-corrected chi connectivity index (χ0v) is 15.6. The Morgan fingerprint density at radius 3 is 2.54 bits per heavy atom. The number of amides is 1.